The third kappa shape index (κ3) is 5.82. The van der Waals surface area contributed by atoms with Crippen molar-refractivity contribution in [1.82, 2.24) is 0 Å². The predicted octanol–water partition coefficient (Wildman–Crippen LogP) is 0.906. The molecule has 0 bridgehead atoms. The lowest BCUT2D eigenvalue weighted by Crippen LogP contribution is -2.29. The van der Waals surface area contributed by atoms with Crippen LogP contribution in [0.1, 0.15) is 20.8 Å². The third-order valence-electron chi connectivity index (χ3n) is 1.03. The summed E-state index contributed by atoms with van der Waals surface area (Å²) in [6, 6.07) is 0. The second-order valence-electron chi connectivity index (χ2n) is 2.36. The van der Waals surface area contributed by atoms with Crippen LogP contribution < -0.4 is 0 Å². The van der Waals surface area contributed by atoms with Crippen LogP contribution in [-0.4, -0.2) is 25.7 Å². The standard InChI is InChI=1S/C7H14O4/c1-4-10-7(2,3)11-6-9-5-8/h5H,4,6H2,1-3H3. The van der Waals surface area contributed by atoms with Gasteiger partial charge in [0.25, 0.3) is 6.47 Å². The van der Waals surface area contributed by atoms with E-state index in [1.54, 1.807) is 13.8 Å². The summed E-state index contributed by atoms with van der Waals surface area (Å²) < 4.78 is 14.5. The number of rotatable bonds is 6. The molecule has 0 heterocycles. The van der Waals surface area contributed by atoms with Gasteiger partial charge in [-0.05, 0) is 20.8 Å². The van der Waals surface area contributed by atoms with Crippen LogP contribution >= 0.6 is 0 Å². The zero-order valence-electron chi connectivity index (χ0n) is 7.12. The fourth-order valence-corrected chi connectivity index (χ4v) is 0.593. The van der Waals surface area contributed by atoms with Crippen LogP contribution in [0.4, 0.5) is 0 Å². The maximum atomic E-state index is 9.71. The van der Waals surface area contributed by atoms with E-state index in [0.29, 0.717) is 13.1 Å². The molecule has 0 rings (SSSR count). The lowest BCUT2D eigenvalue weighted by molar-refractivity contribution is -0.244. The van der Waals surface area contributed by atoms with E-state index in [-0.39, 0.29) is 6.79 Å². The molecule has 0 atom stereocenters. The van der Waals surface area contributed by atoms with Crippen molar-refractivity contribution < 1.29 is 19.0 Å². The van der Waals surface area contributed by atoms with Crippen molar-refractivity contribution in [3.8, 4) is 0 Å². The number of hydrogen-bond donors (Lipinski definition) is 0. The highest BCUT2D eigenvalue weighted by Crippen LogP contribution is 2.09. The quantitative estimate of drug-likeness (QED) is 0.331. The minimum Gasteiger partial charge on any atom is -0.441 e. The van der Waals surface area contributed by atoms with Crippen molar-refractivity contribution in [2.45, 2.75) is 26.6 Å². The molecule has 0 aliphatic rings. The molecule has 66 valence electrons. The molecule has 0 aromatic heterocycles. The van der Waals surface area contributed by atoms with Gasteiger partial charge in [0.2, 0.25) is 0 Å². The van der Waals surface area contributed by atoms with Crippen LogP contribution in [0.15, 0.2) is 0 Å². The van der Waals surface area contributed by atoms with Crippen LogP contribution in [-0.2, 0) is 19.0 Å². The molecule has 0 N–H and O–H groups in total. The molecule has 0 saturated carbocycles. The van der Waals surface area contributed by atoms with Crippen molar-refractivity contribution >= 4 is 6.47 Å². The molecule has 4 heteroatoms. The molecular weight excluding hydrogens is 148 g/mol. The van der Waals surface area contributed by atoms with Gasteiger partial charge in [-0.3, -0.25) is 4.79 Å². The largest absolute Gasteiger partial charge is 0.441 e. The summed E-state index contributed by atoms with van der Waals surface area (Å²) in [5.41, 5.74) is 0. The molecule has 0 amide bonds. The van der Waals surface area contributed by atoms with E-state index >= 15 is 0 Å². The Morgan fingerprint density at radius 1 is 1.36 bits per heavy atom. The number of ether oxygens (including phenoxy) is 3. The zero-order chi connectivity index (χ0) is 8.74. The Hall–Kier alpha value is -0.610. The van der Waals surface area contributed by atoms with Gasteiger partial charge in [-0.15, -0.1) is 0 Å². The Morgan fingerprint density at radius 3 is 2.45 bits per heavy atom. The first-order valence-corrected chi connectivity index (χ1v) is 3.45. The molecule has 11 heavy (non-hydrogen) atoms. The highest BCUT2D eigenvalue weighted by Gasteiger charge is 2.17. The SMILES string of the molecule is CCOC(C)(C)OCOC=O. The Labute approximate surface area is 66.4 Å². The normalized spacial score (nSPS) is 11.2. The molecular formula is C7H14O4. The minimum absolute atomic E-state index is 0.0729. The maximum absolute atomic E-state index is 9.71. The zero-order valence-corrected chi connectivity index (χ0v) is 7.12. The van der Waals surface area contributed by atoms with E-state index in [4.69, 9.17) is 9.47 Å². The number of carbonyl (C=O) groups excluding carboxylic acids is 1. The second kappa shape index (κ2) is 5.09. The Kier molecular flexibility index (Phi) is 4.81. The van der Waals surface area contributed by atoms with E-state index in [0.717, 1.165) is 0 Å². The van der Waals surface area contributed by atoms with Crippen molar-refractivity contribution in [2.24, 2.45) is 0 Å². The Balaban J connectivity index is 3.45. The van der Waals surface area contributed by atoms with E-state index in [2.05, 4.69) is 4.74 Å². The number of carbonyl (C=O) groups is 1. The van der Waals surface area contributed by atoms with Crippen LogP contribution in [0.5, 0.6) is 0 Å². The van der Waals surface area contributed by atoms with Gasteiger partial charge < -0.3 is 14.2 Å². The van der Waals surface area contributed by atoms with Gasteiger partial charge in [0.05, 0.1) is 0 Å². The van der Waals surface area contributed by atoms with Gasteiger partial charge in [-0.2, -0.15) is 0 Å². The highest BCUT2D eigenvalue weighted by molar-refractivity contribution is 5.36. The van der Waals surface area contributed by atoms with Crippen LogP contribution in [0.3, 0.4) is 0 Å². The van der Waals surface area contributed by atoms with Gasteiger partial charge >= 0.3 is 0 Å². The summed E-state index contributed by atoms with van der Waals surface area (Å²) >= 11 is 0. The fourth-order valence-electron chi connectivity index (χ4n) is 0.593. The van der Waals surface area contributed by atoms with Crippen molar-refractivity contribution in [3.05, 3.63) is 0 Å². The van der Waals surface area contributed by atoms with E-state index < -0.39 is 5.79 Å². The molecule has 4 nitrogen and oxygen atoms in total. The van der Waals surface area contributed by atoms with E-state index in [9.17, 15) is 4.79 Å². The second-order valence-corrected chi connectivity index (χ2v) is 2.36. The topological polar surface area (TPSA) is 44.8 Å². The van der Waals surface area contributed by atoms with Gasteiger partial charge in [0, 0.05) is 6.61 Å². The third-order valence-corrected chi connectivity index (χ3v) is 1.03. The molecule has 0 aromatic carbocycles. The number of hydrogen-bond acceptors (Lipinski definition) is 4. The summed E-state index contributed by atoms with van der Waals surface area (Å²) in [5.74, 6) is -0.683. The molecule has 0 fully saturated rings. The van der Waals surface area contributed by atoms with Gasteiger partial charge in [0.15, 0.2) is 12.6 Å². The molecule has 0 saturated heterocycles. The van der Waals surface area contributed by atoms with Gasteiger partial charge in [-0.1, -0.05) is 0 Å². The van der Waals surface area contributed by atoms with Crippen molar-refractivity contribution in [1.29, 1.82) is 0 Å². The molecule has 0 radical (unpaired) electrons. The fraction of sp³-hybridized carbons (Fsp3) is 0.857. The summed E-state index contributed by atoms with van der Waals surface area (Å²) in [6.45, 7) is 6.20. The van der Waals surface area contributed by atoms with E-state index in [1.165, 1.54) is 0 Å². The Morgan fingerprint density at radius 2 is 2.00 bits per heavy atom. The predicted molar refractivity (Wildman–Crippen MR) is 38.8 cm³/mol. The summed E-state index contributed by atoms with van der Waals surface area (Å²) in [4.78, 5) is 9.71. The molecule has 0 aliphatic carbocycles. The molecule has 0 spiro atoms. The lowest BCUT2D eigenvalue weighted by atomic mass is 10.4. The average Bonchev–Trinajstić information content (AvgIpc) is 1.87. The summed E-state index contributed by atoms with van der Waals surface area (Å²) in [5, 5.41) is 0. The minimum atomic E-state index is -0.683. The highest BCUT2D eigenvalue weighted by atomic mass is 16.8. The average molecular weight is 162 g/mol. The van der Waals surface area contributed by atoms with Gasteiger partial charge in [-0.25, -0.2) is 0 Å². The summed E-state index contributed by atoms with van der Waals surface area (Å²) in [7, 11) is 0. The van der Waals surface area contributed by atoms with Crippen LogP contribution in [0, 0.1) is 0 Å². The Bertz CT molecular complexity index is 111. The van der Waals surface area contributed by atoms with Crippen LogP contribution in [0.25, 0.3) is 0 Å². The molecule has 0 aromatic rings. The van der Waals surface area contributed by atoms with E-state index in [1.807, 2.05) is 6.92 Å². The first-order chi connectivity index (χ1) is 5.12. The van der Waals surface area contributed by atoms with Crippen molar-refractivity contribution in [3.63, 3.8) is 0 Å². The first-order valence-electron chi connectivity index (χ1n) is 3.45. The maximum Gasteiger partial charge on any atom is 0.295 e. The smallest absolute Gasteiger partial charge is 0.295 e. The van der Waals surface area contributed by atoms with Gasteiger partial charge in [0.1, 0.15) is 0 Å². The summed E-state index contributed by atoms with van der Waals surface area (Å²) in [6.07, 6.45) is 0. The molecule has 0 aliphatic heterocycles. The van der Waals surface area contributed by atoms with Crippen molar-refractivity contribution in [2.75, 3.05) is 13.4 Å². The molecule has 0 unspecified atom stereocenters. The lowest BCUT2D eigenvalue weighted by Gasteiger charge is -2.23. The monoisotopic (exact) mass is 162 g/mol. The van der Waals surface area contributed by atoms with Crippen LogP contribution in [0.2, 0.25) is 0 Å². The first kappa shape index (κ1) is 10.4.